The normalized spacial score (nSPS) is 13.8. The zero-order valence-electron chi connectivity index (χ0n) is 24.8. The van der Waals surface area contributed by atoms with E-state index in [0.29, 0.717) is 0 Å². The Hall–Kier alpha value is -5.47. The summed E-state index contributed by atoms with van der Waals surface area (Å²) in [7, 11) is 0. The summed E-state index contributed by atoms with van der Waals surface area (Å²) >= 11 is 0. The molecule has 0 bridgehead atoms. The molecule has 0 saturated heterocycles. The van der Waals surface area contributed by atoms with Crippen molar-refractivity contribution in [3.05, 3.63) is 157 Å². The minimum absolute atomic E-state index is 0.134. The first kappa shape index (κ1) is 25.1. The molecule has 1 aliphatic rings. The third kappa shape index (κ3) is 3.46. The van der Waals surface area contributed by atoms with Crippen LogP contribution in [0.4, 0.5) is 17.1 Å². The fourth-order valence-electron chi connectivity index (χ4n) is 7.57. The van der Waals surface area contributed by atoms with Gasteiger partial charge in [-0.25, -0.2) is 0 Å². The number of para-hydroxylation sites is 3. The summed E-state index contributed by atoms with van der Waals surface area (Å²) in [5, 5.41) is 8.49. The standard InChI is InChI=1S/C42H30N2/c1-42(2)34-18-8-11-21-37(34)44(38-22-12-9-19-35(38)42)41-31-16-6-5-15-30(31)39(29-24-23-27-13-3-4-14-28(27)25-29)40-32-17-7-10-20-36(32)43-26-33(40)41/h3-26H,1-2H3. The molecule has 1 aliphatic heterocycles. The predicted molar refractivity (Wildman–Crippen MR) is 187 cm³/mol. The molecule has 1 aromatic heterocycles. The van der Waals surface area contributed by atoms with Gasteiger partial charge in [-0.1, -0.05) is 129 Å². The summed E-state index contributed by atoms with van der Waals surface area (Å²) in [6, 6.07) is 50.8. The van der Waals surface area contributed by atoms with Gasteiger partial charge in [-0.2, -0.15) is 0 Å². The fourth-order valence-corrected chi connectivity index (χ4v) is 7.57. The molecule has 208 valence electrons. The van der Waals surface area contributed by atoms with Crippen LogP contribution in [0.25, 0.3) is 54.3 Å². The molecule has 0 aliphatic carbocycles. The van der Waals surface area contributed by atoms with Gasteiger partial charge in [0.2, 0.25) is 0 Å². The second-order valence-electron chi connectivity index (χ2n) is 12.4. The Bertz CT molecular complexity index is 2390. The molecule has 9 rings (SSSR count). The summed E-state index contributed by atoms with van der Waals surface area (Å²) in [6.45, 7) is 4.69. The van der Waals surface area contributed by atoms with Crippen molar-refractivity contribution in [3.63, 3.8) is 0 Å². The molecule has 0 saturated carbocycles. The maximum absolute atomic E-state index is 5.07. The van der Waals surface area contributed by atoms with Crippen LogP contribution < -0.4 is 4.90 Å². The average molecular weight is 563 g/mol. The van der Waals surface area contributed by atoms with Crippen LogP contribution >= 0.6 is 0 Å². The summed E-state index contributed by atoms with van der Waals surface area (Å²) in [5.41, 5.74) is 9.59. The first-order valence-electron chi connectivity index (χ1n) is 15.3. The Morgan fingerprint density at radius 1 is 0.523 bits per heavy atom. The maximum atomic E-state index is 5.07. The van der Waals surface area contributed by atoms with Gasteiger partial charge in [-0.05, 0) is 62.7 Å². The van der Waals surface area contributed by atoms with Gasteiger partial charge in [0.1, 0.15) is 0 Å². The lowest BCUT2D eigenvalue weighted by molar-refractivity contribution is 0.632. The highest BCUT2D eigenvalue weighted by molar-refractivity contribution is 6.28. The molecule has 0 amide bonds. The number of rotatable bonds is 2. The third-order valence-corrected chi connectivity index (χ3v) is 9.63. The maximum Gasteiger partial charge on any atom is 0.0708 e. The van der Waals surface area contributed by atoms with Gasteiger partial charge >= 0.3 is 0 Å². The first-order valence-corrected chi connectivity index (χ1v) is 15.3. The Morgan fingerprint density at radius 2 is 1.11 bits per heavy atom. The van der Waals surface area contributed by atoms with Crippen molar-refractivity contribution in [2.75, 3.05) is 4.90 Å². The molecule has 0 fully saturated rings. The van der Waals surface area contributed by atoms with E-state index in [0.717, 1.165) is 10.9 Å². The van der Waals surface area contributed by atoms with E-state index in [9.17, 15) is 0 Å². The number of benzene rings is 7. The van der Waals surface area contributed by atoms with E-state index in [1.54, 1.807) is 0 Å². The summed E-state index contributed by atoms with van der Waals surface area (Å²) in [5.74, 6) is 0. The summed E-state index contributed by atoms with van der Waals surface area (Å²) in [4.78, 5) is 7.57. The Kier molecular flexibility index (Phi) is 5.28. The summed E-state index contributed by atoms with van der Waals surface area (Å²) < 4.78 is 0. The van der Waals surface area contributed by atoms with Gasteiger partial charge in [-0.15, -0.1) is 0 Å². The van der Waals surface area contributed by atoms with Crippen molar-refractivity contribution >= 4 is 60.3 Å². The topological polar surface area (TPSA) is 16.1 Å². The number of hydrogen-bond donors (Lipinski definition) is 0. The van der Waals surface area contributed by atoms with Crippen LogP contribution in [0, 0.1) is 0 Å². The number of pyridine rings is 1. The quantitative estimate of drug-likeness (QED) is 0.154. The highest BCUT2D eigenvalue weighted by Crippen LogP contribution is 2.56. The van der Waals surface area contributed by atoms with Crippen molar-refractivity contribution in [2.24, 2.45) is 0 Å². The number of aromatic nitrogens is 1. The van der Waals surface area contributed by atoms with E-state index in [4.69, 9.17) is 4.98 Å². The number of fused-ring (bicyclic) bond motifs is 7. The Morgan fingerprint density at radius 3 is 1.86 bits per heavy atom. The minimum Gasteiger partial charge on any atom is -0.309 e. The van der Waals surface area contributed by atoms with Crippen LogP contribution in [0.1, 0.15) is 25.0 Å². The Labute approximate surface area is 256 Å². The smallest absolute Gasteiger partial charge is 0.0708 e. The van der Waals surface area contributed by atoms with E-state index < -0.39 is 0 Å². The molecule has 44 heavy (non-hydrogen) atoms. The second kappa shape index (κ2) is 9.26. The zero-order valence-corrected chi connectivity index (χ0v) is 24.8. The number of hydrogen-bond acceptors (Lipinski definition) is 2. The largest absolute Gasteiger partial charge is 0.309 e. The summed E-state index contributed by atoms with van der Waals surface area (Å²) in [6.07, 6.45) is 2.11. The van der Waals surface area contributed by atoms with Crippen LogP contribution in [0.2, 0.25) is 0 Å². The average Bonchev–Trinajstić information content (AvgIpc) is 3.08. The third-order valence-electron chi connectivity index (χ3n) is 9.63. The van der Waals surface area contributed by atoms with Gasteiger partial charge in [0.25, 0.3) is 0 Å². The first-order chi connectivity index (χ1) is 21.6. The van der Waals surface area contributed by atoms with Crippen molar-refractivity contribution in [1.82, 2.24) is 4.98 Å². The van der Waals surface area contributed by atoms with E-state index >= 15 is 0 Å². The van der Waals surface area contributed by atoms with Crippen molar-refractivity contribution < 1.29 is 0 Å². The van der Waals surface area contributed by atoms with Gasteiger partial charge in [0.05, 0.1) is 22.6 Å². The molecule has 2 heterocycles. The van der Waals surface area contributed by atoms with Crippen LogP contribution in [0.15, 0.2) is 146 Å². The van der Waals surface area contributed by atoms with Crippen LogP contribution in [-0.2, 0) is 5.41 Å². The van der Waals surface area contributed by atoms with E-state index in [-0.39, 0.29) is 5.41 Å². The molecule has 7 aromatic carbocycles. The molecule has 0 unspecified atom stereocenters. The van der Waals surface area contributed by atoms with Crippen LogP contribution in [0.5, 0.6) is 0 Å². The predicted octanol–water partition coefficient (Wildman–Crippen LogP) is 11.5. The highest BCUT2D eigenvalue weighted by atomic mass is 15.2. The molecule has 0 atom stereocenters. The number of nitrogens with zero attached hydrogens (tertiary/aromatic N) is 2. The molecule has 2 heteroatoms. The lowest BCUT2D eigenvalue weighted by Gasteiger charge is -2.42. The van der Waals surface area contributed by atoms with Gasteiger partial charge in [0, 0.05) is 33.2 Å². The molecule has 8 aromatic rings. The molecular formula is C42H30N2. The van der Waals surface area contributed by atoms with E-state index in [2.05, 4.69) is 164 Å². The van der Waals surface area contributed by atoms with Crippen molar-refractivity contribution in [1.29, 1.82) is 0 Å². The molecule has 0 radical (unpaired) electrons. The molecule has 0 N–H and O–H groups in total. The monoisotopic (exact) mass is 562 g/mol. The van der Waals surface area contributed by atoms with Gasteiger partial charge in [-0.3, -0.25) is 4.98 Å². The Balaban J connectivity index is 1.49. The SMILES string of the molecule is CC1(C)c2ccccc2N(c2c3ccccc3c(-c3ccc4ccccc4c3)c3c2cnc2ccccc23)c2ccccc21. The van der Waals surface area contributed by atoms with Crippen molar-refractivity contribution in [3.8, 4) is 11.1 Å². The molecule has 2 nitrogen and oxygen atoms in total. The van der Waals surface area contributed by atoms with Gasteiger partial charge < -0.3 is 4.90 Å². The van der Waals surface area contributed by atoms with E-state index in [1.165, 1.54) is 71.6 Å². The molecule has 0 spiro atoms. The fraction of sp³-hybridized carbons (Fsp3) is 0.0714. The second-order valence-corrected chi connectivity index (χ2v) is 12.4. The van der Waals surface area contributed by atoms with Gasteiger partial charge in [0.15, 0.2) is 0 Å². The van der Waals surface area contributed by atoms with Crippen LogP contribution in [-0.4, -0.2) is 4.98 Å². The number of anilines is 3. The lowest BCUT2D eigenvalue weighted by atomic mass is 9.73. The van der Waals surface area contributed by atoms with Crippen LogP contribution in [0.3, 0.4) is 0 Å². The highest BCUT2D eigenvalue weighted by Gasteiger charge is 2.37. The van der Waals surface area contributed by atoms with Crippen molar-refractivity contribution in [2.45, 2.75) is 19.3 Å². The molecular weight excluding hydrogens is 532 g/mol. The lowest BCUT2D eigenvalue weighted by Crippen LogP contribution is -2.30. The minimum atomic E-state index is -0.134. The van der Waals surface area contributed by atoms with E-state index in [1.807, 2.05) is 0 Å². The zero-order chi connectivity index (χ0) is 29.4.